The van der Waals surface area contributed by atoms with Gasteiger partial charge in [0.25, 0.3) is 5.91 Å². The van der Waals surface area contributed by atoms with Gasteiger partial charge in [-0.3, -0.25) is 9.78 Å². The molecule has 156 valence electrons. The first kappa shape index (κ1) is 20.2. The quantitative estimate of drug-likeness (QED) is 0.522. The van der Waals surface area contributed by atoms with E-state index in [4.69, 9.17) is 4.74 Å². The highest BCUT2D eigenvalue weighted by Gasteiger charge is 2.24. The van der Waals surface area contributed by atoms with Crippen LogP contribution in [0.2, 0.25) is 0 Å². The summed E-state index contributed by atoms with van der Waals surface area (Å²) in [7, 11) is 0. The fourth-order valence-corrected chi connectivity index (χ4v) is 3.32. The van der Waals surface area contributed by atoms with Gasteiger partial charge >= 0.3 is 0 Å². The molecule has 0 unspecified atom stereocenters. The lowest BCUT2D eigenvalue weighted by molar-refractivity contribution is 0.0934. The molecular weight excluding hydrogens is 378 g/mol. The van der Waals surface area contributed by atoms with Crippen LogP contribution in [0.25, 0.3) is 22.5 Å². The summed E-state index contributed by atoms with van der Waals surface area (Å²) in [5, 5.41) is 3.01. The maximum atomic E-state index is 12.8. The van der Waals surface area contributed by atoms with Crippen molar-refractivity contribution in [3.05, 3.63) is 54.9 Å². The van der Waals surface area contributed by atoms with E-state index in [0.717, 1.165) is 29.7 Å². The predicted molar refractivity (Wildman–Crippen MR) is 115 cm³/mol. The summed E-state index contributed by atoms with van der Waals surface area (Å²) < 4.78 is 7.40. The molecule has 0 bridgehead atoms. The second kappa shape index (κ2) is 9.63. The lowest BCUT2D eigenvalue weighted by Gasteiger charge is -2.09. The van der Waals surface area contributed by atoms with Gasteiger partial charge in [0.15, 0.2) is 5.82 Å². The molecule has 30 heavy (non-hydrogen) atoms. The number of hydrogen-bond donors (Lipinski definition) is 1. The Bertz CT molecular complexity index is 965. The Morgan fingerprint density at radius 3 is 2.73 bits per heavy atom. The number of hydrogen-bond acceptors (Lipinski definition) is 5. The minimum Gasteiger partial charge on any atom is -0.382 e. The Balaban J connectivity index is 1.50. The number of nitrogens with zero attached hydrogens (tertiary/aromatic N) is 4. The van der Waals surface area contributed by atoms with E-state index < -0.39 is 0 Å². The normalized spacial score (nSPS) is 13.4. The van der Waals surface area contributed by atoms with Crippen LogP contribution in [0.5, 0.6) is 0 Å². The van der Waals surface area contributed by atoms with Gasteiger partial charge < -0.3 is 14.6 Å². The van der Waals surface area contributed by atoms with Crippen molar-refractivity contribution in [2.75, 3.05) is 19.8 Å². The van der Waals surface area contributed by atoms with Crippen LogP contribution in [-0.2, 0) is 11.3 Å². The molecule has 0 aromatic carbocycles. The summed E-state index contributed by atoms with van der Waals surface area (Å²) in [6, 6.07) is 5.73. The van der Waals surface area contributed by atoms with Gasteiger partial charge in [-0.1, -0.05) is 0 Å². The zero-order chi connectivity index (χ0) is 20.8. The predicted octanol–water partition coefficient (Wildman–Crippen LogP) is 3.57. The monoisotopic (exact) mass is 405 g/mol. The highest BCUT2D eigenvalue weighted by atomic mass is 16.5. The standard InChI is InChI=1S/C23H27N5O2/c1-2-30-10-4-9-25-23(29)21-11-19(16-28(21)15-17-6-7-17)20-13-26-22(27-14-20)18-5-3-8-24-12-18/h3,5,8,11-14,16-17H,2,4,6-7,9-10,15H2,1H3,(H,25,29). The van der Waals surface area contributed by atoms with Gasteiger partial charge in [0.2, 0.25) is 0 Å². The Morgan fingerprint density at radius 2 is 2.03 bits per heavy atom. The first-order valence-corrected chi connectivity index (χ1v) is 10.5. The van der Waals surface area contributed by atoms with E-state index in [9.17, 15) is 4.79 Å². The summed E-state index contributed by atoms with van der Waals surface area (Å²) in [5.74, 6) is 1.25. The minimum atomic E-state index is -0.0497. The van der Waals surface area contributed by atoms with Gasteiger partial charge in [-0.25, -0.2) is 9.97 Å². The maximum Gasteiger partial charge on any atom is 0.267 e. The topological polar surface area (TPSA) is 81.9 Å². The fraction of sp³-hybridized carbons (Fsp3) is 0.391. The molecule has 1 aliphatic rings. The van der Waals surface area contributed by atoms with Gasteiger partial charge in [0, 0.05) is 74.0 Å². The highest BCUT2D eigenvalue weighted by molar-refractivity contribution is 5.94. The molecule has 3 aromatic rings. The van der Waals surface area contributed by atoms with Crippen molar-refractivity contribution in [3.63, 3.8) is 0 Å². The number of carbonyl (C=O) groups is 1. The number of nitrogens with one attached hydrogen (secondary N) is 1. The van der Waals surface area contributed by atoms with E-state index in [-0.39, 0.29) is 5.91 Å². The number of pyridine rings is 1. The van der Waals surface area contributed by atoms with E-state index in [1.165, 1.54) is 12.8 Å². The molecule has 0 radical (unpaired) electrons. The van der Waals surface area contributed by atoms with Gasteiger partial charge in [-0.2, -0.15) is 0 Å². The van der Waals surface area contributed by atoms with Crippen LogP contribution in [0.3, 0.4) is 0 Å². The molecule has 1 fully saturated rings. The minimum absolute atomic E-state index is 0.0497. The Kier molecular flexibility index (Phi) is 6.49. The number of carbonyl (C=O) groups excluding carboxylic acids is 1. The molecule has 4 rings (SSSR count). The summed E-state index contributed by atoms with van der Waals surface area (Å²) >= 11 is 0. The van der Waals surface area contributed by atoms with E-state index in [1.54, 1.807) is 24.8 Å². The third-order valence-corrected chi connectivity index (χ3v) is 5.14. The molecule has 3 aromatic heterocycles. The third-order valence-electron chi connectivity index (χ3n) is 5.14. The van der Waals surface area contributed by atoms with Crippen molar-refractivity contribution in [1.29, 1.82) is 0 Å². The first-order chi connectivity index (χ1) is 14.7. The molecular formula is C23H27N5O2. The lowest BCUT2D eigenvalue weighted by atomic mass is 10.1. The van der Waals surface area contributed by atoms with Crippen LogP contribution in [0.15, 0.2) is 49.2 Å². The van der Waals surface area contributed by atoms with Gasteiger partial charge in [-0.05, 0) is 50.3 Å². The van der Waals surface area contributed by atoms with Crippen molar-refractivity contribution in [1.82, 2.24) is 24.8 Å². The number of rotatable bonds is 10. The molecule has 1 amide bonds. The molecule has 0 saturated heterocycles. The van der Waals surface area contributed by atoms with Crippen LogP contribution in [0.1, 0.15) is 36.7 Å². The van der Waals surface area contributed by atoms with Crippen molar-refractivity contribution in [2.45, 2.75) is 32.7 Å². The molecule has 1 N–H and O–H groups in total. The van der Waals surface area contributed by atoms with Crippen molar-refractivity contribution in [3.8, 4) is 22.5 Å². The van der Waals surface area contributed by atoms with Crippen molar-refractivity contribution >= 4 is 5.91 Å². The van der Waals surface area contributed by atoms with E-state index in [0.29, 0.717) is 37.2 Å². The average Bonchev–Trinajstić information content (AvgIpc) is 3.50. The van der Waals surface area contributed by atoms with Gasteiger partial charge in [-0.15, -0.1) is 0 Å². The Hall–Kier alpha value is -3.06. The molecule has 0 spiro atoms. The van der Waals surface area contributed by atoms with E-state index in [1.807, 2.05) is 31.3 Å². The van der Waals surface area contributed by atoms with Crippen molar-refractivity contribution < 1.29 is 9.53 Å². The fourth-order valence-electron chi connectivity index (χ4n) is 3.32. The second-order valence-corrected chi connectivity index (χ2v) is 7.55. The highest BCUT2D eigenvalue weighted by Crippen LogP contribution is 2.32. The molecule has 1 saturated carbocycles. The zero-order valence-electron chi connectivity index (χ0n) is 17.3. The van der Waals surface area contributed by atoms with Crippen LogP contribution >= 0.6 is 0 Å². The molecule has 3 heterocycles. The van der Waals surface area contributed by atoms with Crippen molar-refractivity contribution in [2.24, 2.45) is 5.92 Å². The lowest BCUT2D eigenvalue weighted by Crippen LogP contribution is -2.27. The molecule has 0 aliphatic heterocycles. The number of ether oxygens (including phenoxy) is 1. The molecule has 7 heteroatoms. The molecule has 7 nitrogen and oxygen atoms in total. The van der Waals surface area contributed by atoms with Crippen LogP contribution < -0.4 is 5.32 Å². The summed E-state index contributed by atoms with van der Waals surface area (Å²) in [4.78, 5) is 25.9. The smallest absolute Gasteiger partial charge is 0.267 e. The van der Waals surface area contributed by atoms with Crippen LogP contribution in [0, 0.1) is 5.92 Å². The first-order valence-electron chi connectivity index (χ1n) is 10.5. The molecule has 0 atom stereocenters. The van der Waals surface area contributed by atoms with Gasteiger partial charge in [0.05, 0.1) is 0 Å². The third kappa shape index (κ3) is 5.10. The summed E-state index contributed by atoms with van der Waals surface area (Å²) in [6.45, 7) is 4.80. The van der Waals surface area contributed by atoms with E-state index in [2.05, 4.69) is 24.8 Å². The molecule has 1 aliphatic carbocycles. The van der Waals surface area contributed by atoms with Gasteiger partial charge in [0.1, 0.15) is 5.69 Å². The Labute approximate surface area is 176 Å². The summed E-state index contributed by atoms with van der Waals surface area (Å²) in [5.41, 5.74) is 3.41. The SMILES string of the molecule is CCOCCCNC(=O)c1cc(-c2cnc(-c3cccnc3)nc2)cn1CC1CC1. The maximum absolute atomic E-state index is 12.8. The zero-order valence-corrected chi connectivity index (χ0v) is 17.3. The average molecular weight is 406 g/mol. The van der Waals surface area contributed by atoms with E-state index >= 15 is 0 Å². The largest absolute Gasteiger partial charge is 0.382 e. The van der Waals surface area contributed by atoms with Crippen LogP contribution in [-0.4, -0.2) is 45.2 Å². The number of amides is 1. The second-order valence-electron chi connectivity index (χ2n) is 7.55. The van der Waals surface area contributed by atoms with Crippen LogP contribution in [0.4, 0.5) is 0 Å². The Morgan fingerprint density at radius 1 is 1.20 bits per heavy atom. The summed E-state index contributed by atoms with van der Waals surface area (Å²) in [6.07, 6.45) is 12.4. The number of aromatic nitrogens is 4.